The lowest BCUT2D eigenvalue weighted by atomic mass is 10.2. The highest BCUT2D eigenvalue weighted by Gasteiger charge is 2.12. The molecule has 0 saturated heterocycles. The van der Waals surface area contributed by atoms with E-state index in [1.54, 1.807) is 12.1 Å². The zero-order valence-corrected chi connectivity index (χ0v) is 11.4. The summed E-state index contributed by atoms with van der Waals surface area (Å²) in [5.74, 6) is 0.907. The highest BCUT2D eigenvalue weighted by atomic mass is 35.5. The molecule has 6 heteroatoms. The van der Waals surface area contributed by atoms with Crippen LogP contribution in [0.25, 0.3) is 0 Å². The van der Waals surface area contributed by atoms with Crippen molar-refractivity contribution in [2.45, 2.75) is 13.5 Å². The van der Waals surface area contributed by atoms with E-state index in [-0.39, 0.29) is 12.3 Å². The molecule has 1 N–H and O–H groups in total. The van der Waals surface area contributed by atoms with Crippen molar-refractivity contribution in [3.8, 4) is 11.5 Å². The average Bonchev–Trinajstić information content (AvgIpc) is 2.43. The summed E-state index contributed by atoms with van der Waals surface area (Å²) in [6.07, 6.45) is 0. The molecule has 0 saturated carbocycles. The van der Waals surface area contributed by atoms with Gasteiger partial charge in [0, 0.05) is 22.7 Å². The highest BCUT2D eigenvalue weighted by Crippen LogP contribution is 2.32. The molecule has 0 spiro atoms. The predicted molar refractivity (Wildman–Crippen MR) is 75.3 cm³/mol. The largest absolute Gasteiger partial charge is 0.457 e. The minimum absolute atomic E-state index is 0.0933. The zero-order valence-electron chi connectivity index (χ0n) is 10.7. The van der Waals surface area contributed by atoms with Crippen molar-refractivity contribution in [1.82, 2.24) is 0 Å². The van der Waals surface area contributed by atoms with Gasteiger partial charge in [-0.1, -0.05) is 17.7 Å². The first kappa shape index (κ1) is 14.3. The first-order valence-corrected chi connectivity index (χ1v) is 6.21. The Hall–Kier alpha value is -2.11. The maximum absolute atomic E-state index is 10.7. The van der Waals surface area contributed by atoms with Gasteiger partial charge in [0.25, 0.3) is 5.69 Å². The Bertz CT molecular complexity index is 658. The monoisotopic (exact) mass is 293 g/mol. The Morgan fingerprint density at radius 3 is 2.65 bits per heavy atom. The number of nitrogens with zero attached hydrogens (tertiary/aromatic N) is 1. The van der Waals surface area contributed by atoms with Gasteiger partial charge in [0.2, 0.25) is 0 Å². The lowest BCUT2D eigenvalue weighted by Crippen LogP contribution is -1.96. The van der Waals surface area contributed by atoms with E-state index in [1.165, 1.54) is 18.2 Å². The molecule has 0 atom stereocenters. The topological polar surface area (TPSA) is 72.6 Å². The first-order valence-electron chi connectivity index (χ1n) is 5.83. The number of aliphatic hydroxyl groups excluding tert-OH is 1. The first-order chi connectivity index (χ1) is 9.51. The second-order valence-electron chi connectivity index (χ2n) is 4.22. The van der Waals surface area contributed by atoms with E-state index in [0.29, 0.717) is 22.1 Å². The van der Waals surface area contributed by atoms with Crippen LogP contribution in [-0.2, 0) is 6.61 Å². The summed E-state index contributed by atoms with van der Waals surface area (Å²) >= 11 is 5.90. The molecule has 0 aliphatic heterocycles. The number of halogens is 1. The molecule has 0 aromatic heterocycles. The summed E-state index contributed by atoms with van der Waals surface area (Å²) < 4.78 is 5.68. The highest BCUT2D eigenvalue weighted by molar-refractivity contribution is 6.30. The van der Waals surface area contributed by atoms with Crippen LogP contribution in [0.2, 0.25) is 5.02 Å². The summed E-state index contributed by atoms with van der Waals surface area (Å²) in [4.78, 5) is 10.2. The van der Waals surface area contributed by atoms with Crippen LogP contribution in [0.1, 0.15) is 11.1 Å². The summed E-state index contributed by atoms with van der Waals surface area (Å²) in [7, 11) is 0. The average molecular weight is 294 g/mol. The summed E-state index contributed by atoms with van der Waals surface area (Å²) in [6, 6.07) is 9.28. The molecule has 0 heterocycles. The third-order valence-electron chi connectivity index (χ3n) is 2.80. The number of nitro groups is 1. The Kier molecular flexibility index (Phi) is 4.22. The molecular formula is C14H12ClNO4. The number of rotatable bonds is 4. The molecule has 0 fully saturated rings. The molecule has 5 nitrogen and oxygen atoms in total. The molecule has 0 bridgehead atoms. The van der Waals surface area contributed by atoms with Gasteiger partial charge in [-0.2, -0.15) is 0 Å². The standard InChI is InChI=1S/C14H12ClNO4/c1-9-2-3-11(15)7-14(9)20-13-5-4-12(16(18)19)6-10(13)8-17/h2-7,17H,8H2,1H3. The number of aliphatic hydroxyl groups is 1. The maximum Gasteiger partial charge on any atom is 0.270 e. The number of hydrogen-bond acceptors (Lipinski definition) is 4. The van der Waals surface area contributed by atoms with E-state index < -0.39 is 4.92 Å². The molecule has 20 heavy (non-hydrogen) atoms. The van der Waals surface area contributed by atoms with Gasteiger partial charge < -0.3 is 9.84 Å². The second-order valence-corrected chi connectivity index (χ2v) is 4.66. The van der Waals surface area contributed by atoms with E-state index in [9.17, 15) is 15.2 Å². The Balaban J connectivity index is 2.38. The van der Waals surface area contributed by atoms with E-state index in [0.717, 1.165) is 5.56 Å². The fourth-order valence-electron chi connectivity index (χ4n) is 1.70. The molecule has 0 aliphatic carbocycles. The van der Waals surface area contributed by atoms with Gasteiger partial charge in [-0.15, -0.1) is 0 Å². The van der Waals surface area contributed by atoms with Crippen molar-refractivity contribution in [1.29, 1.82) is 0 Å². The molecule has 2 aromatic rings. The molecule has 2 rings (SSSR count). The van der Waals surface area contributed by atoms with Crippen LogP contribution in [0.3, 0.4) is 0 Å². The summed E-state index contributed by atoms with van der Waals surface area (Å²) in [6.45, 7) is 1.51. The van der Waals surface area contributed by atoms with Gasteiger partial charge in [-0.3, -0.25) is 10.1 Å². The fraction of sp³-hybridized carbons (Fsp3) is 0.143. The Morgan fingerprint density at radius 2 is 2.00 bits per heavy atom. The van der Waals surface area contributed by atoms with Crippen LogP contribution in [-0.4, -0.2) is 10.0 Å². The summed E-state index contributed by atoms with van der Waals surface area (Å²) in [5.41, 5.74) is 1.12. The number of aryl methyl sites for hydroxylation is 1. The van der Waals surface area contributed by atoms with Gasteiger partial charge in [-0.05, 0) is 30.7 Å². The SMILES string of the molecule is Cc1ccc(Cl)cc1Oc1ccc([N+](=O)[O-])cc1CO. The zero-order chi connectivity index (χ0) is 14.7. The second kappa shape index (κ2) is 5.90. The number of ether oxygens (including phenoxy) is 1. The van der Waals surface area contributed by atoms with Gasteiger partial charge in [0.15, 0.2) is 0 Å². The Morgan fingerprint density at radius 1 is 1.25 bits per heavy atom. The van der Waals surface area contributed by atoms with Gasteiger partial charge in [-0.25, -0.2) is 0 Å². The number of non-ortho nitro benzene ring substituents is 1. The van der Waals surface area contributed by atoms with Crippen molar-refractivity contribution in [3.05, 3.63) is 62.7 Å². The van der Waals surface area contributed by atoms with Crippen molar-refractivity contribution in [3.63, 3.8) is 0 Å². The minimum Gasteiger partial charge on any atom is -0.457 e. The van der Waals surface area contributed by atoms with E-state index in [4.69, 9.17) is 16.3 Å². The lowest BCUT2D eigenvalue weighted by Gasteiger charge is -2.12. The molecule has 0 radical (unpaired) electrons. The van der Waals surface area contributed by atoms with Gasteiger partial charge >= 0.3 is 0 Å². The van der Waals surface area contributed by atoms with E-state index in [1.807, 2.05) is 13.0 Å². The smallest absolute Gasteiger partial charge is 0.270 e. The maximum atomic E-state index is 10.7. The lowest BCUT2D eigenvalue weighted by molar-refractivity contribution is -0.385. The molecule has 0 unspecified atom stereocenters. The quantitative estimate of drug-likeness (QED) is 0.686. The van der Waals surface area contributed by atoms with Crippen molar-refractivity contribution < 1.29 is 14.8 Å². The van der Waals surface area contributed by atoms with Gasteiger partial charge in [0.05, 0.1) is 11.5 Å². The van der Waals surface area contributed by atoms with Gasteiger partial charge in [0.1, 0.15) is 11.5 Å². The predicted octanol–water partition coefficient (Wildman–Crippen LogP) is 3.84. The van der Waals surface area contributed by atoms with Crippen LogP contribution in [0.4, 0.5) is 5.69 Å². The third-order valence-corrected chi connectivity index (χ3v) is 3.03. The third kappa shape index (κ3) is 3.07. The number of nitro benzene ring substituents is 1. The van der Waals surface area contributed by atoms with Crippen molar-refractivity contribution in [2.24, 2.45) is 0 Å². The number of benzene rings is 2. The fourth-order valence-corrected chi connectivity index (χ4v) is 1.87. The van der Waals surface area contributed by atoms with Crippen LogP contribution in [0.5, 0.6) is 11.5 Å². The summed E-state index contributed by atoms with van der Waals surface area (Å²) in [5, 5.41) is 20.5. The van der Waals surface area contributed by atoms with E-state index >= 15 is 0 Å². The molecule has 104 valence electrons. The number of hydrogen-bond donors (Lipinski definition) is 1. The molecule has 0 amide bonds. The van der Waals surface area contributed by atoms with Crippen LogP contribution in [0, 0.1) is 17.0 Å². The van der Waals surface area contributed by atoms with Crippen molar-refractivity contribution >= 4 is 17.3 Å². The van der Waals surface area contributed by atoms with Crippen LogP contribution < -0.4 is 4.74 Å². The Labute approximate surface area is 120 Å². The van der Waals surface area contributed by atoms with Crippen LogP contribution >= 0.6 is 11.6 Å². The normalized spacial score (nSPS) is 10.3. The van der Waals surface area contributed by atoms with Crippen LogP contribution in [0.15, 0.2) is 36.4 Å². The molecule has 2 aromatic carbocycles. The molecular weight excluding hydrogens is 282 g/mol. The molecule has 0 aliphatic rings. The van der Waals surface area contributed by atoms with E-state index in [2.05, 4.69) is 0 Å². The van der Waals surface area contributed by atoms with Crippen molar-refractivity contribution in [2.75, 3.05) is 0 Å². The minimum atomic E-state index is -0.520.